The summed E-state index contributed by atoms with van der Waals surface area (Å²) in [6.45, 7) is 3.86. The van der Waals surface area contributed by atoms with E-state index in [1.165, 1.54) is 18.4 Å². The van der Waals surface area contributed by atoms with Gasteiger partial charge in [-0.05, 0) is 75.9 Å². The van der Waals surface area contributed by atoms with Crippen molar-refractivity contribution in [2.75, 3.05) is 26.7 Å². The molecule has 2 saturated heterocycles. The number of aryl methyl sites for hydroxylation is 2. The molecule has 2 fully saturated rings. The molecule has 0 N–H and O–H groups in total. The Morgan fingerprint density at radius 1 is 0.964 bits per heavy atom. The molecule has 0 aromatic carbocycles. The number of piperidine rings is 1. The smallest absolute Gasteiger partial charge is 0.267 e. The van der Waals surface area contributed by atoms with Gasteiger partial charge >= 0.3 is 0 Å². The number of rotatable bonds is 4. The van der Waals surface area contributed by atoms with Crippen LogP contribution in [-0.2, 0) is 24.2 Å². The van der Waals surface area contributed by atoms with Gasteiger partial charge in [0.05, 0.1) is 5.69 Å². The van der Waals surface area contributed by atoms with Crippen molar-refractivity contribution in [3.05, 3.63) is 27.7 Å². The van der Waals surface area contributed by atoms with Gasteiger partial charge in [-0.25, -0.2) is 4.68 Å². The summed E-state index contributed by atoms with van der Waals surface area (Å²) in [5.41, 5.74) is 2.38. The average molecular weight is 387 g/mol. The van der Waals surface area contributed by atoms with E-state index in [9.17, 15) is 9.59 Å². The third-order valence-corrected chi connectivity index (χ3v) is 7.00. The third kappa shape index (κ3) is 4.48. The van der Waals surface area contributed by atoms with Gasteiger partial charge in [0.25, 0.3) is 5.56 Å². The van der Waals surface area contributed by atoms with E-state index in [1.54, 1.807) is 4.68 Å². The number of likely N-dealkylation sites (tertiary alicyclic amines) is 2. The Hall–Kier alpha value is -1.69. The fraction of sp³-hybridized carbons (Fsp3) is 0.773. The highest BCUT2D eigenvalue weighted by molar-refractivity contribution is 5.76. The van der Waals surface area contributed by atoms with Crippen molar-refractivity contribution in [1.29, 1.82) is 0 Å². The number of carbonyl (C=O) groups excluding carboxylic acids is 1. The van der Waals surface area contributed by atoms with E-state index < -0.39 is 0 Å². The van der Waals surface area contributed by atoms with E-state index in [4.69, 9.17) is 5.10 Å². The number of amides is 1. The zero-order chi connectivity index (χ0) is 19.5. The van der Waals surface area contributed by atoms with Crippen molar-refractivity contribution in [2.24, 2.45) is 5.92 Å². The molecule has 0 bridgehead atoms. The lowest BCUT2D eigenvalue weighted by atomic mass is 9.95. The zero-order valence-electron chi connectivity index (χ0n) is 17.2. The number of fused-ring (bicyclic) bond motifs is 1. The van der Waals surface area contributed by atoms with Gasteiger partial charge in [0.15, 0.2) is 0 Å². The van der Waals surface area contributed by atoms with Crippen molar-refractivity contribution >= 4 is 5.91 Å². The lowest BCUT2D eigenvalue weighted by Crippen LogP contribution is -2.46. The average Bonchev–Trinajstić information content (AvgIpc) is 2.86. The van der Waals surface area contributed by atoms with Gasteiger partial charge in [-0.15, -0.1) is 0 Å². The number of aromatic nitrogens is 2. The van der Waals surface area contributed by atoms with Crippen LogP contribution >= 0.6 is 0 Å². The van der Waals surface area contributed by atoms with Crippen molar-refractivity contribution < 1.29 is 4.79 Å². The molecule has 28 heavy (non-hydrogen) atoms. The van der Waals surface area contributed by atoms with Crippen LogP contribution in [0.25, 0.3) is 0 Å². The van der Waals surface area contributed by atoms with Crippen LogP contribution in [0.2, 0.25) is 0 Å². The molecule has 1 aromatic rings. The monoisotopic (exact) mass is 386 g/mol. The second-order valence-corrected chi connectivity index (χ2v) is 8.99. The van der Waals surface area contributed by atoms with Crippen LogP contribution in [0.3, 0.4) is 0 Å². The second kappa shape index (κ2) is 8.76. The molecular weight excluding hydrogens is 352 g/mol. The van der Waals surface area contributed by atoms with E-state index in [1.807, 2.05) is 18.0 Å². The molecule has 154 valence electrons. The molecule has 0 spiro atoms. The molecule has 0 saturated carbocycles. The summed E-state index contributed by atoms with van der Waals surface area (Å²) in [5.74, 6) is 0.826. The van der Waals surface area contributed by atoms with Crippen LogP contribution in [-0.4, -0.2) is 58.2 Å². The molecule has 1 atom stereocenters. The maximum absolute atomic E-state index is 12.4. The largest absolute Gasteiger partial charge is 0.341 e. The molecule has 6 heteroatoms. The minimum atomic E-state index is 0.0710. The number of nitrogens with zero attached hydrogens (tertiary/aromatic N) is 4. The highest BCUT2D eigenvalue weighted by Gasteiger charge is 2.27. The summed E-state index contributed by atoms with van der Waals surface area (Å²) >= 11 is 0. The fourth-order valence-corrected chi connectivity index (χ4v) is 5.07. The van der Waals surface area contributed by atoms with E-state index in [0.717, 1.165) is 76.8 Å². The Labute approximate surface area is 167 Å². The van der Waals surface area contributed by atoms with Gasteiger partial charge in [0.2, 0.25) is 5.91 Å². The Bertz CT molecular complexity index is 751. The SMILES string of the molecule is CN1C(=O)CCCCC1CN1CCC(Cn2nc3c(cc2=O)CCCC3)CC1. The summed E-state index contributed by atoms with van der Waals surface area (Å²) in [4.78, 5) is 29.1. The molecule has 0 radical (unpaired) electrons. The Morgan fingerprint density at radius 3 is 2.54 bits per heavy atom. The Kier molecular flexibility index (Phi) is 6.14. The van der Waals surface area contributed by atoms with Crippen molar-refractivity contribution in [3.63, 3.8) is 0 Å². The molecule has 4 rings (SSSR count). The van der Waals surface area contributed by atoms with Crippen LogP contribution in [0.4, 0.5) is 0 Å². The summed E-state index contributed by atoms with van der Waals surface area (Å²) < 4.78 is 1.72. The summed E-state index contributed by atoms with van der Waals surface area (Å²) in [7, 11) is 1.97. The Balaban J connectivity index is 1.31. The molecule has 2 aliphatic heterocycles. The first-order valence-electron chi connectivity index (χ1n) is 11.2. The van der Waals surface area contributed by atoms with Gasteiger partial charge in [0.1, 0.15) is 0 Å². The normalized spacial score (nSPS) is 24.8. The first kappa shape index (κ1) is 19.6. The minimum absolute atomic E-state index is 0.0710. The lowest BCUT2D eigenvalue weighted by Gasteiger charge is -2.36. The first-order chi connectivity index (χ1) is 13.6. The topological polar surface area (TPSA) is 58.4 Å². The van der Waals surface area contributed by atoms with E-state index >= 15 is 0 Å². The maximum Gasteiger partial charge on any atom is 0.267 e. The van der Waals surface area contributed by atoms with Gasteiger partial charge in [-0.3, -0.25) is 9.59 Å². The van der Waals surface area contributed by atoms with Gasteiger partial charge < -0.3 is 9.80 Å². The van der Waals surface area contributed by atoms with Gasteiger partial charge in [-0.2, -0.15) is 5.10 Å². The van der Waals surface area contributed by atoms with Crippen molar-refractivity contribution in [1.82, 2.24) is 19.6 Å². The molecule has 1 aromatic heterocycles. The van der Waals surface area contributed by atoms with E-state index in [0.29, 0.717) is 24.3 Å². The quantitative estimate of drug-likeness (QED) is 0.796. The molecule has 1 aliphatic carbocycles. The zero-order valence-corrected chi connectivity index (χ0v) is 17.2. The number of hydrogen-bond acceptors (Lipinski definition) is 4. The fourth-order valence-electron chi connectivity index (χ4n) is 5.07. The minimum Gasteiger partial charge on any atom is -0.341 e. The van der Waals surface area contributed by atoms with Crippen LogP contribution in [0.5, 0.6) is 0 Å². The molecule has 1 unspecified atom stereocenters. The summed E-state index contributed by atoms with van der Waals surface area (Å²) in [6, 6.07) is 2.19. The van der Waals surface area contributed by atoms with E-state index in [-0.39, 0.29) is 5.56 Å². The molecule has 6 nitrogen and oxygen atoms in total. The summed E-state index contributed by atoms with van der Waals surface area (Å²) in [6.07, 6.45) is 10.6. The Morgan fingerprint density at radius 2 is 1.71 bits per heavy atom. The lowest BCUT2D eigenvalue weighted by molar-refractivity contribution is -0.131. The number of carbonyl (C=O) groups is 1. The van der Waals surface area contributed by atoms with Crippen LogP contribution in [0, 0.1) is 5.92 Å². The number of likely N-dealkylation sites (N-methyl/N-ethyl adjacent to an activating group) is 1. The van der Waals surface area contributed by atoms with Crippen LogP contribution in [0.1, 0.15) is 62.6 Å². The van der Waals surface area contributed by atoms with Crippen molar-refractivity contribution in [2.45, 2.75) is 76.8 Å². The molecule has 3 heterocycles. The molecular formula is C22H34N4O2. The second-order valence-electron chi connectivity index (χ2n) is 8.99. The number of hydrogen-bond donors (Lipinski definition) is 0. The van der Waals surface area contributed by atoms with Crippen LogP contribution < -0.4 is 5.56 Å². The van der Waals surface area contributed by atoms with Gasteiger partial charge in [0, 0.05) is 38.7 Å². The molecule has 1 amide bonds. The third-order valence-electron chi connectivity index (χ3n) is 7.00. The maximum atomic E-state index is 12.4. The highest BCUT2D eigenvalue weighted by atomic mass is 16.2. The predicted molar refractivity (Wildman–Crippen MR) is 109 cm³/mol. The first-order valence-corrected chi connectivity index (χ1v) is 11.2. The molecule has 3 aliphatic rings. The predicted octanol–water partition coefficient (Wildman–Crippen LogP) is 2.24. The van der Waals surface area contributed by atoms with Crippen molar-refractivity contribution in [3.8, 4) is 0 Å². The van der Waals surface area contributed by atoms with E-state index in [2.05, 4.69) is 4.90 Å². The van der Waals surface area contributed by atoms with Gasteiger partial charge in [-0.1, -0.05) is 6.42 Å². The standard InChI is InChI=1S/C22H34N4O2/c1-24-19(7-3-5-9-21(24)27)16-25-12-10-17(11-13-25)15-26-22(28)14-18-6-2-4-8-20(18)23-26/h14,17,19H,2-13,15-16H2,1H3. The highest BCUT2D eigenvalue weighted by Crippen LogP contribution is 2.23. The summed E-state index contributed by atoms with van der Waals surface area (Å²) in [5, 5.41) is 4.69. The van der Waals surface area contributed by atoms with Crippen LogP contribution in [0.15, 0.2) is 10.9 Å².